The summed E-state index contributed by atoms with van der Waals surface area (Å²) < 4.78 is 11.1. The number of carbonyl (C=O) groups excluding carboxylic acids is 2. The molecule has 0 saturated carbocycles. The molecule has 1 aromatic carbocycles. The van der Waals surface area contributed by atoms with Gasteiger partial charge in [-0.05, 0) is 44.9 Å². The van der Waals surface area contributed by atoms with E-state index in [1.807, 2.05) is 38.1 Å². The molecule has 0 saturated heterocycles. The highest BCUT2D eigenvalue weighted by Gasteiger charge is 2.14. The van der Waals surface area contributed by atoms with Crippen molar-refractivity contribution >= 4 is 27.8 Å². The van der Waals surface area contributed by atoms with E-state index in [-0.39, 0.29) is 25.0 Å². The predicted octanol–water partition coefficient (Wildman–Crippen LogP) is 3.41. The highest BCUT2D eigenvalue weighted by molar-refractivity contribution is 9.10. The SMILES string of the molecule is Cc1noc(C)c1CCC(=O)OCC(=O)N[C@H](C)c1ccc(Br)cc1. The second-order valence-electron chi connectivity index (χ2n) is 5.80. The summed E-state index contributed by atoms with van der Waals surface area (Å²) in [6, 6.07) is 7.50. The molecule has 0 spiro atoms. The van der Waals surface area contributed by atoms with Gasteiger partial charge < -0.3 is 14.6 Å². The minimum atomic E-state index is -0.425. The van der Waals surface area contributed by atoms with Crippen LogP contribution in [-0.2, 0) is 20.7 Å². The van der Waals surface area contributed by atoms with Crippen molar-refractivity contribution in [2.24, 2.45) is 0 Å². The molecule has 0 aliphatic heterocycles. The van der Waals surface area contributed by atoms with Crippen molar-refractivity contribution in [2.45, 2.75) is 39.7 Å². The third kappa shape index (κ3) is 5.70. The van der Waals surface area contributed by atoms with Gasteiger partial charge in [-0.25, -0.2) is 0 Å². The average Bonchev–Trinajstić information content (AvgIpc) is 2.90. The van der Waals surface area contributed by atoms with Crippen molar-refractivity contribution in [3.05, 3.63) is 51.3 Å². The minimum absolute atomic E-state index is 0.165. The van der Waals surface area contributed by atoms with Crippen LogP contribution in [0.5, 0.6) is 0 Å². The van der Waals surface area contributed by atoms with Crippen LogP contribution in [-0.4, -0.2) is 23.6 Å². The summed E-state index contributed by atoms with van der Waals surface area (Å²) in [4.78, 5) is 23.7. The lowest BCUT2D eigenvalue weighted by Crippen LogP contribution is -2.31. The van der Waals surface area contributed by atoms with Crippen molar-refractivity contribution in [3.63, 3.8) is 0 Å². The Morgan fingerprint density at radius 2 is 1.96 bits per heavy atom. The summed E-state index contributed by atoms with van der Waals surface area (Å²) in [6.45, 7) is 5.22. The maximum Gasteiger partial charge on any atom is 0.306 e. The molecule has 0 unspecified atom stereocenters. The first-order chi connectivity index (χ1) is 11.9. The van der Waals surface area contributed by atoms with Crippen LogP contribution in [0.15, 0.2) is 33.3 Å². The Bertz CT molecular complexity index is 721. The molecule has 1 atom stereocenters. The number of halogens is 1. The van der Waals surface area contributed by atoms with Gasteiger partial charge in [0, 0.05) is 16.5 Å². The van der Waals surface area contributed by atoms with Crippen LogP contribution in [0.25, 0.3) is 0 Å². The third-order valence-electron chi connectivity index (χ3n) is 3.87. The summed E-state index contributed by atoms with van der Waals surface area (Å²) in [5.41, 5.74) is 2.65. The van der Waals surface area contributed by atoms with Crippen molar-refractivity contribution in [3.8, 4) is 0 Å². The van der Waals surface area contributed by atoms with E-state index in [1.54, 1.807) is 6.92 Å². The van der Waals surface area contributed by atoms with E-state index in [9.17, 15) is 9.59 Å². The third-order valence-corrected chi connectivity index (χ3v) is 4.40. The summed E-state index contributed by atoms with van der Waals surface area (Å²) in [5, 5.41) is 6.64. The summed E-state index contributed by atoms with van der Waals surface area (Å²) in [7, 11) is 0. The van der Waals surface area contributed by atoms with Gasteiger partial charge in [0.15, 0.2) is 6.61 Å². The summed E-state index contributed by atoms with van der Waals surface area (Å²) in [6.07, 6.45) is 0.662. The molecular weight excluding hydrogens is 388 g/mol. The largest absolute Gasteiger partial charge is 0.456 e. The molecule has 1 heterocycles. The van der Waals surface area contributed by atoms with Gasteiger partial charge >= 0.3 is 5.97 Å². The number of carbonyl (C=O) groups is 2. The Morgan fingerprint density at radius 3 is 2.56 bits per heavy atom. The molecule has 2 aromatic rings. The number of ether oxygens (including phenoxy) is 1. The normalized spacial score (nSPS) is 11.8. The van der Waals surface area contributed by atoms with E-state index in [0.29, 0.717) is 12.2 Å². The number of hydrogen-bond donors (Lipinski definition) is 1. The fourth-order valence-corrected chi connectivity index (χ4v) is 2.69. The van der Waals surface area contributed by atoms with E-state index in [2.05, 4.69) is 26.4 Å². The zero-order valence-electron chi connectivity index (χ0n) is 14.5. The Balaban J connectivity index is 1.73. The standard InChI is InChI=1S/C18H21BrN2O4/c1-11(14-4-6-15(19)7-5-14)20-17(22)10-24-18(23)9-8-16-12(2)21-25-13(16)3/h4-7,11H,8-10H2,1-3H3,(H,20,22)/t11-/m1/s1. The second-order valence-corrected chi connectivity index (χ2v) is 6.72. The van der Waals surface area contributed by atoms with Crippen molar-refractivity contribution in [2.75, 3.05) is 6.61 Å². The number of aryl methyl sites for hydroxylation is 2. The number of aromatic nitrogens is 1. The average molecular weight is 409 g/mol. The molecule has 7 heteroatoms. The Morgan fingerprint density at radius 1 is 1.28 bits per heavy atom. The first-order valence-corrected chi connectivity index (χ1v) is 8.78. The monoisotopic (exact) mass is 408 g/mol. The molecule has 0 fully saturated rings. The molecule has 0 radical (unpaired) electrons. The predicted molar refractivity (Wildman–Crippen MR) is 96.0 cm³/mol. The van der Waals surface area contributed by atoms with Gasteiger partial charge in [-0.3, -0.25) is 9.59 Å². The molecule has 134 valence electrons. The number of hydrogen-bond acceptors (Lipinski definition) is 5. The molecule has 0 bridgehead atoms. The molecule has 2 rings (SSSR count). The fraction of sp³-hybridized carbons (Fsp3) is 0.389. The summed E-state index contributed by atoms with van der Waals surface area (Å²) in [5.74, 6) is -0.0566. The van der Waals surface area contributed by atoms with Gasteiger partial charge in [0.1, 0.15) is 5.76 Å². The quantitative estimate of drug-likeness (QED) is 0.709. The van der Waals surface area contributed by atoms with Gasteiger partial charge in [-0.15, -0.1) is 0 Å². The minimum Gasteiger partial charge on any atom is -0.456 e. The van der Waals surface area contributed by atoms with Gasteiger partial charge in [-0.2, -0.15) is 0 Å². The number of nitrogens with zero attached hydrogens (tertiary/aromatic N) is 1. The molecular formula is C18H21BrN2O4. The van der Waals surface area contributed by atoms with E-state index in [0.717, 1.165) is 21.3 Å². The van der Waals surface area contributed by atoms with Crippen LogP contribution in [0.1, 0.15) is 42.0 Å². The maximum absolute atomic E-state index is 11.9. The Kier molecular flexibility index (Phi) is 6.75. The lowest BCUT2D eigenvalue weighted by Gasteiger charge is -2.14. The van der Waals surface area contributed by atoms with E-state index in [4.69, 9.17) is 9.26 Å². The molecule has 1 aromatic heterocycles. The van der Waals surface area contributed by atoms with Crippen LogP contribution in [0.4, 0.5) is 0 Å². The lowest BCUT2D eigenvalue weighted by atomic mass is 10.1. The van der Waals surface area contributed by atoms with E-state index in [1.165, 1.54) is 0 Å². The van der Waals surface area contributed by atoms with Gasteiger partial charge in [-0.1, -0.05) is 33.2 Å². The van der Waals surface area contributed by atoms with Crippen LogP contribution in [0, 0.1) is 13.8 Å². The second kappa shape index (κ2) is 8.80. The van der Waals surface area contributed by atoms with E-state index < -0.39 is 5.97 Å². The van der Waals surface area contributed by atoms with Crippen LogP contribution < -0.4 is 5.32 Å². The highest BCUT2D eigenvalue weighted by atomic mass is 79.9. The number of amides is 1. The van der Waals surface area contributed by atoms with Gasteiger partial charge in [0.25, 0.3) is 5.91 Å². The Labute approximate surface area is 155 Å². The maximum atomic E-state index is 11.9. The fourth-order valence-electron chi connectivity index (χ4n) is 2.42. The number of rotatable bonds is 7. The van der Waals surface area contributed by atoms with Crippen LogP contribution >= 0.6 is 15.9 Å². The van der Waals surface area contributed by atoms with Crippen LogP contribution in [0.2, 0.25) is 0 Å². The number of esters is 1. The van der Waals surface area contributed by atoms with Crippen molar-refractivity contribution in [1.82, 2.24) is 10.5 Å². The van der Waals surface area contributed by atoms with Crippen molar-refractivity contribution in [1.29, 1.82) is 0 Å². The van der Waals surface area contributed by atoms with Gasteiger partial charge in [0.2, 0.25) is 0 Å². The molecule has 1 amide bonds. The molecule has 0 aliphatic carbocycles. The topological polar surface area (TPSA) is 81.4 Å². The first kappa shape index (κ1) is 19.2. The smallest absolute Gasteiger partial charge is 0.306 e. The molecule has 6 nitrogen and oxygen atoms in total. The van der Waals surface area contributed by atoms with E-state index >= 15 is 0 Å². The molecule has 1 N–H and O–H groups in total. The van der Waals surface area contributed by atoms with Crippen molar-refractivity contribution < 1.29 is 18.8 Å². The number of benzene rings is 1. The first-order valence-electron chi connectivity index (χ1n) is 7.99. The zero-order chi connectivity index (χ0) is 18.4. The molecule has 25 heavy (non-hydrogen) atoms. The number of nitrogens with one attached hydrogen (secondary N) is 1. The zero-order valence-corrected chi connectivity index (χ0v) is 16.1. The highest BCUT2D eigenvalue weighted by Crippen LogP contribution is 2.16. The van der Waals surface area contributed by atoms with Crippen LogP contribution in [0.3, 0.4) is 0 Å². The van der Waals surface area contributed by atoms with Gasteiger partial charge in [0.05, 0.1) is 11.7 Å². The Hall–Kier alpha value is -2.15. The molecule has 0 aliphatic rings. The summed E-state index contributed by atoms with van der Waals surface area (Å²) >= 11 is 3.37. The lowest BCUT2D eigenvalue weighted by molar-refractivity contribution is -0.148.